The van der Waals surface area contributed by atoms with E-state index in [1.54, 1.807) is 36.4 Å². The molecule has 0 saturated carbocycles. The van der Waals surface area contributed by atoms with Crippen molar-refractivity contribution in [1.29, 1.82) is 0 Å². The topological polar surface area (TPSA) is 54.5 Å². The van der Waals surface area contributed by atoms with Gasteiger partial charge in [-0.25, -0.2) is 12.7 Å². The van der Waals surface area contributed by atoms with Crippen LogP contribution in [0, 0.1) is 12.8 Å². The first-order valence-corrected chi connectivity index (χ1v) is 7.27. The Labute approximate surface area is 106 Å². The van der Waals surface area contributed by atoms with Crippen molar-refractivity contribution in [2.24, 2.45) is 5.92 Å². The monoisotopic (exact) mass is 263 g/mol. The fourth-order valence-corrected chi connectivity index (χ4v) is 4.08. The van der Waals surface area contributed by atoms with Gasteiger partial charge >= 0.3 is 0 Å². The molecule has 4 nitrogen and oxygen atoms in total. The number of hydrogen-bond donors (Lipinski definition) is 0. The Morgan fingerprint density at radius 3 is 2.39 bits per heavy atom. The molecule has 0 aromatic heterocycles. The van der Waals surface area contributed by atoms with Gasteiger partial charge in [-0.1, -0.05) is 29.8 Å². The number of rotatable bonds is 2. The molecule has 5 heteroatoms. The van der Waals surface area contributed by atoms with Gasteiger partial charge in [-0.05, 0) is 25.5 Å². The van der Waals surface area contributed by atoms with Crippen LogP contribution in [0.4, 0.5) is 0 Å². The molecule has 2 atom stereocenters. The summed E-state index contributed by atoms with van der Waals surface area (Å²) in [7, 11) is -3.70. The van der Waals surface area contributed by atoms with Crippen LogP contribution in [0.2, 0.25) is 0 Å². The summed E-state index contributed by atoms with van der Waals surface area (Å²) in [6.07, 6.45) is 4.19. The molecule has 1 saturated heterocycles. The first-order chi connectivity index (χ1) is 8.50. The first kappa shape index (κ1) is 11.5. The average molecular weight is 263 g/mol. The molecule has 0 radical (unpaired) electrons. The van der Waals surface area contributed by atoms with Gasteiger partial charge in [-0.15, -0.1) is 0 Å². The summed E-state index contributed by atoms with van der Waals surface area (Å²) in [5.74, 6) is -0.557. The standard InChI is InChI=1S/C13H13NO3S/c1-9-2-6-12(7-3-9)18(16,17)14-11-5-4-10(8-11)13(14)15/h2-7,10-11H,8H2,1H3. The Hall–Kier alpha value is -1.62. The van der Waals surface area contributed by atoms with Crippen molar-refractivity contribution in [3.63, 3.8) is 0 Å². The maximum atomic E-state index is 12.4. The molecular weight excluding hydrogens is 250 g/mol. The lowest BCUT2D eigenvalue weighted by atomic mass is 10.1. The first-order valence-electron chi connectivity index (χ1n) is 5.83. The van der Waals surface area contributed by atoms with E-state index in [4.69, 9.17) is 0 Å². The SMILES string of the molecule is Cc1ccc(S(=O)(=O)N2C(=O)C3C=CC2C3)cc1. The molecule has 94 valence electrons. The van der Waals surface area contributed by atoms with Gasteiger partial charge in [-0.3, -0.25) is 4.79 Å². The second-order valence-electron chi connectivity index (χ2n) is 4.75. The zero-order valence-electron chi connectivity index (χ0n) is 9.91. The van der Waals surface area contributed by atoms with Gasteiger partial charge in [0.15, 0.2) is 0 Å². The van der Waals surface area contributed by atoms with Gasteiger partial charge in [-0.2, -0.15) is 0 Å². The lowest BCUT2D eigenvalue weighted by Gasteiger charge is -2.23. The van der Waals surface area contributed by atoms with E-state index in [1.807, 2.05) is 6.92 Å². The van der Waals surface area contributed by atoms with E-state index in [1.165, 1.54) is 0 Å². The van der Waals surface area contributed by atoms with E-state index in [2.05, 4.69) is 0 Å². The van der Waals surface area contributed by atoms with Crippen LogP contribution in [0.1, 0.15) is 12.0 Å². The molecule has 2 unspecified atom stereocenters. The number of carbonyl (C=O) groups excluding carboxylic acids is 1. The van der Waals surface area contributed by atoms with Gasteiger partial charge in [0, 0.05) is 0 Å². The van der Waals surface area contributed by atoms with Crippen molar-refractivity contribution in [1.82, 2.24) is 4.31 Å². The zero-order valence-corrected chi connectivity index (χ0v) is 10.7. The number of benzene rings is 1. The Kier molecular flexibility index (Phi) is 2.35. The Morgan fingerprint density at radius 1 is 1.17 bits per heavy atom. The number of sulfonamides is 1. The van der Waals surface area contributed by atoms with Gasteiger partial charge in [0.05, 0.1) is 16.9 Å². The highest BCUT2D eigenvalue weighted by molar-refractivity contribution is 7.89. The maximum absolute atomic E-state index is 12.4. The van der Waals surface area contributed by atoms with Crippen LogP contribution in [-0.4, -0.2) is 24.7 Å². The Morgan fingerprint density at radius 2 is 1.83 bits per heavy atom. The third kappa shape index (κ3) is 1.50. The lowest BCUT2D eigenvalue weighted by molar-refractivity contribution is -0.126. The summed E-state index contributed by atoms with van der Waals surface area (Å²) in [6, 6.07) is 6.28. The van der Waals surface area contributed by atoms with Gasteiger partial charge in [0.2, 0.25) is 5.91 Å². The maximum Gasteiger partial charge on any atom is 0.267 e. The molecule has 1 amide bonds. The number of aryl methyl sites for hydroxylation is 1. The second-order valence-corrected chi connectivity index (χ2v) is 6.56. The molecule has 3 rings (SSSR count). The second kappa shape index (κ2) is 3.68. The van der Waals surface area contributed by atoms with Crippen LogP contribution in [0.3, 0.4) is 0 Å². The third-order valence-electron chi connectivity index (χ3n) is 3.47. The summed E-state index contributed by atoms with van der Waals surface area (Å²) < 4.78 is 25.9. The minimum Gasteiger partial charge on any atom is -0.273 e. The minimum absolute atomic E-state index is 0.183. The largest absolute Gasteiger partial charge is 0.273 e. The number of fused-ring (bicyclic) bond motifs is 2. The van der Waals surface area contributed by atoms with Crippen molar-refractivity contribution in [2.45, 2.75) is 24.3 Å². The van der Waals surface area contributed by atoms with Crippen LogP contribution >= 0.6 is 0 Å². The summed E-state index contributed by atoms with van der Waals surface area (Å²) >= 11 is 0. The van der Waals surface area contributed by atoms with Gasteiger partial charge < -0.3 is 0 Å². The molecule has 0 spiro atoms. The molecular formula is C13H13NO3S. The summed E-state index contributed by atoms with van der Waals surface area (Å²) in [5.41, 5.74) is 0.989. The van der Waals surface area contributed by atoms with Crippen LogP contribution in [-0.2, 0) is 14.8 Å². The fraction of sp³-hybridized carbons (Fsp3) is 0.308. The Balaban J connectivity index is 2.03. The highest BCUT2D eigenvalue weighted by Crippen LogP contribution is 2.36. The Bertz CT molecular complexity index is 631. The van der Waals surface area contributed by atoms with Crippen molar-refractivity contribution in [2.75, 3.05) is 0 Å². The zero-order chi connectivity index (χ0) is 12.9. The van der Waals surface area contributed by atoms with E-state index >= 15 is 0 Å². The molecule has 0 N–H and O–H groups in total. The number of carbonyl (C=O) groups is 1. The van der Waals surface area contributed by atoms with Crippen LogP contribution in [0.5, 0.6) is 0 Å². The van der Waals surface area contributed by atoms with E-state index in [9.17, 15) is 13.2 Å². The fourth-order valence-electron chi connectivity index (χ4n) is 2.48. The molecule has 2 aliphatic rings. The van der Waals surface area contributed by atoms with Crippen LogP contribution in [0.15, 0.2) is 41.3 Å². The summed E-state index contributed by atoms with van der Waals surface area (Å²) in [5, 5.41) is 0. The summed E-state index contributed by atoms with van der Waals surface area (Å²) in [6.45, 7) is 1.89. The molecule has 1 aromatic carbocycles. The van der Waals surface area contributed by atoms with Crippen molar-refractivity contribution in [3.05, 3.63) is 42.0 Å². The average Bonchev–Trinajstić information content (AvgIpc) is 2.89. The smallest absolute Gasteiger partial charge is 0.267 e. The number of amides is 1. The molecule has 2 bridgehead atoms. The van der Waals surface area contributed by atoms with Crippen molar-refractivity contribution < 1.29 is 13.2 Å². The highest BCUT2D eigenvalue weighted by Gasteiger charge is 2.47. The van der Waals surface area contributed by atoms with Gasteiger partial charge in [0.25, 0.3) is 10.0 Å². The van der Waals surface area contributed by atoms with Crippen molar-refractivity contribution >= 4 is 15.9 Å². The molecule has 1 aliphatic carbocycles. The van der Waals surface area contributed by atoms with Gasteiger partial charge in [0.1, 0.15) is 0 Å². The number of nitrogens with zero attached hydrogens (tertiary/aromatic N) is 1. The molecule has 1 heterocycles. The van der Waals surface area contributed by atoms with E-state index in [0.717, 1.165) is 9.87 Å². The van der Waals surface area contributed by atoms with Crippen molar-refractivity contribution in [3.8, 4) is 0 Å². The third-order valence-corrected chi connectivity index (χ3v) is 5.31. The predicted octanol–water partition coefficient (Wildman–Crippen LogP) is 1.47. The highest BCUT2D eigenvalue weighted by atomic mass is 32.2. The molecule has 1 fully saturated rings. The van der Waals surface area contributed by atoms with E-state index in [-0.39, 0.29) is 22.8 Å². The minimum atomic E-state index is -3.70. The molecule has 1 aliphatic heterocycles. The predicted molar refractivity (Wildman–Crippen MR) is 66.2 cm³/mol. The number of hydrogen-bond acceptors (Lipinski definition) is 3. The molecule has 1 aromatic rings. The summed E-state index contributed by atoms with van der Waals surface area (Å²) in [4.78, 5) is 12.1. The van der Waals surface area contributed by atoms with E-state index in [0.29, 0.717) is 6.42 Å². The van der Waals surface area contributed by atoms with E-state index < -0.39 is 10.0 Å². The quantitative estimate of drug-likeness (QED) is 0.759. The lowest BCUT2D eigenvalue weighted by Crippen LogP contribution is -2.39. The molecule has 18 heavy (non-hydrogen) atoms. The van der Waals surface area contributed by atoms with Crippen LogP contribution in [0.25, 0.3) is 0 Å². The normalized spacial score (nSPS) is 26.1. The van der Waals surface area contributed by atoms with Crippen LogP contribution < -0.4 is 0 Å².